The smallest absolute Gasteiger partial charge is 0.180 e. The van der Waals surface area contributed by atoms with E-state index >= 15 is 0 Å². The first-order valence-electron chi connectivity index (χ1n) is 10.1. The number of aromatic nitrogens is 3. The Bertz CT molecular complexity index is 801. The molecule has 0 amide bonds. The van der Waals surface area contributed by atoms with Gasteiger partial charge in [-0.3, -0.25) is 10.4 Å². The second kappa shape index (κ2) is 7.14. The standard InChI is InChI=1S/C20H27N7/c21-18-12-17(25-26-18)13-7-10-27(11-8-13)20-14-4-3-6-15(14)23-19(24-20)16-5-1-2-9-22-16/h1-2,5,9,13,17-18,25-26H,3-4,6-8,10-12,21H2. The highest BCUT2D eigenvalue weighted by Crippen LogP contribution is 2.34. The number of pyridine rings is 1. The normalized spacial score (nSPS) is 25.7. The average molecular weight is 365 g/mol. The van der Waals surface area contributed by atoms with E-state index in [4.69, 9.17) is 15.7 Å². The minimum absolute atomic E-state index is 0.0825. The lowest BCUT2D eigenvalue weighted by atomic mass is 9.88. The van der Waals surface area contributed by atoms with Crippen molar-refractivity contribution >= 4 is 5.82 Å². The van der Waals surface area contributed by atoms with Gasteiger partial charge in [0.25, 0.3) is 0 Å². The molecule has 2 aliphatic heterocycles. The summed E-state index contributed by atoms with van der Waals surface area (Å²) < 4.78 is 0. The second-order valence-electron chi connectivity index (χ2n) is 7.93. The van der Waals surface area contributed by atoms with Crippen LogP contribution in [-0.4, -0.2) is 40.2 Å². The molecule has 2 aromatic rings. The van der Waals surface area contributed by atoms with Gasteiger partial charge in [0.15, 0.2) is 5.82 Å². The molecule has 0 spiro atoms. The van der Waals surface area contributed by atoms with Crippen molar-refractivity contribution in [2.24, 2.45) is 11.7 Å². The third-order valence-electron chi connectivity index (χ3n) is 6.18. The van der Waals surface area contributed by atoms with Crippen LogP contribution < -0.4 is 21.5 Å². The van der Waals surface area contributed by atoms with Crippen molar-refractivity contribution < 1.29 is 0 Å². The number of hydrazine groups is 1. The van der Waals surface area contributed by atoms with Crippen LogP contribution in [0.25, 0.3) is 11.5 Å². The van der Waals surface area contributed by atoms with Crippen LogP contribution >= 0.6 is 0 Å². The highest BCUT2D eigenvalue weighted by Gasteiger charge is 2.33. The lowest BCUT2D eigenvalue weighted by molar-refractivity contribution is 0.310. The van der Waals surface area contributed by atoms with Gasteiger partial charge < -0.3 is 10.6 Å². The Morgan fingerprint density at radius 3 is 2.70 bits per heavy atom. The fourth-order valence-electron chi connectivity index (χ4n) is 4.71. The van der Waals surface area contributed by atoms with E-state index in [1.165, 1.54) is 30.5 Å². The zero-order valence-electron chi connectivity index (χ0n) is 15.6. The van der Waals surface area contributed by atoms with Gasteiger partial charge in [0.1, 0.15) is 11.5 Å². The molecule has 0 aromatic carbocycles. The number of fused-ring (bicyclic) bond motifs is 1. The Hall–Kier alpha value is -2.09. The van der Waals surface area contributed by atoms with Crippen molar-refractivity contribution in [2.45, 2.75) is 50.7 Å². The molecule has 142 valence electrons. The number of nitrogens with zero attached hydrogens (tertiary/aromatic N) is 4. The van der Waals surface area contributed by atoms with Gasteiger partial charge in [-0.05, 0) is 56.6 Å². The Balaban J connectivity index is 1.38. The van der Waals surface area contributed by atoms with Crippen LogP contribution in [0.3, 0.4) is 0 Å². The van der Waals surface area contributed by atoms with Crippen LogP contribution in [0.15, 0.2) is 24.4 Å². The topological polar surface area (TPSA) is 92.0 Å². The molecule has 27 heavy (non-hydrogen) atoms. The van der Waals surface area contributed by atoms with Crippen molar-refractivity contribution in [3.63, 3.8) is 0 Å². The number of hydrogen-bond donors (Lipinski definition) is 3. The third-order valence-corrected chi connectivity index (χ3v) is 6.18. The van der Waals surface area contributed by atoms with Gasteiger partial charge in [-0.15, -0.1) is 0 Å². The molecule has 4 N–H and O–H groups in total. The number of nitrogens with two attached hydrogens (primary N) is 1. The van der Waals surface area contributed by atoms with Crippen LogP contribution in [0.5, 0.6) is 0 Å². The quantitative estimate of drug-likeness (QED) is 0.757. The maximum absolute atomic E-state index is 5.98. The molecular formula is C20H27N7. The Kier molecular flexibility index (Phi) is 4.51. The first kappa shape index (κ1) is 17.0. The molecule has 2 atom stereocenters. The number of piperidine rings is 1. The molecule has 2 unspecified atom stereocenters. The summed E-state index contributed by atoms with van der Waals surface area (Å²) in [6.07, 6.45) is 8.57. The maximum atomic E-state index is 5.98. The first-order valence-corrected chi connectivity index (χ1v) is 10.1. The van der Waals surface area contributed by atoms with Gasteiger partial charge in [-0.1, -0.05) is 6.07 Å². The van der Waals surface area contributed by atoms with Crippen LogP contribution in [0.1, 0.15) is 36.9 Å². The van der Waals surface area contributed by atoms with E-state index in [-0.39, 0.29) is 6.17 Å². The summed E-state index contributed by atoms with van der Waals surface area (Å²) in [4.78, 5) is 16.7. The Morgan fingerprint density at radius 2 is 1.96 bits per heavy atom. The zero-order valence-corrected chi connectivity index (χ0v) is 15.6. The monoisotopic (exact) mass is 365 g/mol. The van der Waals surface area contributed by atoms with Crippen LogP contribution in [-0.2, 0) is 12.8 Å². The molecule has 0 radical (unpaired) electrons. The summed E-state index contributed by atoms with van der Waals surface area (Å²) in [5, 5.41) is 0. The minimum Gasteiger partial charge on any atom is -0.356 e. The number of anilines is 1. The van der Waals surface area contributed by atoms with E-state index in [0.717, 1.165) is 49.7 Å². The molecular weight excluding hydrogens is 338 g/mol. The fraction of sp³-hybridized carbons (Fsp3) is 0.550. The molecule has 4 heterocycles. The van der Waals surface area contributed by atoms with E-state index in [1.807, 2.05) is 24.4 Å². The van der Waals surface area contributed by atoms with Crippen molar-refractivity contribution in [1.82, 2.24) is 25.8 Å². The first-order chi connectivity index (χ1) is 13.3. The summed E-state index contributed by atoms with van der Waals surface area (Å²) in [5.74, 6) is 2.58. The van der Waals surface area contributed by atoms with E-state index in [1.54, 1.807) is 0 Å². The van der Waals surface area contributed by atoms with Gasteiger partial charge in [-0.2, -0.15) is 0 Å². The molecule has 5 rings (SSSR count). The molecule has 0 bridgehead atoms. The summed E-state index contributed by atoms with van der Waals surface area (Å²) >= 11 is 0. The summed E-state index contributed by atoms with van der Waals surface area (Å²) in [6.45, 7) is 2.09. The molecule has 3 aliphatic rings. The molecule has 2 fully saturated rings. The molecule has 7 nitrogen and oxygen atoms in total. The van der Waals surface area contributed by atoms with Crippen LogP contribution in [0, 0.1) is 5.92 Å². The SMILES string of the molecule is NC1CC(C2CCN(c3nc(-c4ccccn4)nc4c3CCC4)CC2)NN1. The van der Waals surface area contributed by atoms with Crippen molar-refractivity contribution in [3.05, 3.63) is 35.7 Å². The number of hydrogen-bond acceptors (Lipinski definition) is 7. The van der Waals surface area contributed by atoms with Gasteiger partial charge >= 0.3 is 0 Å². The molecule has 1 aliphatic carbocycles. The van der Waals surface area contributed by atoms with Crippen LogP contribution in [0.2, 0.25) is 0 Å². The number of aryl methyl sites for hydroxylation is 1. The van der Waals surface area contributed by atoms with Gasteiger partial charge in [0, 0.05) is 36.6 Å². The second-order valence-corrected chi connectivity index (χ2v) is 7.93. The predicted molar refractivity (Wildman–Crippen MR) is 105 cm³/mol. The van der Waals surface area contributed by atoms with E-state index in [9.17, 15) is 0 Å². The molecule has 7 heteroatoms. The Morgan fingerprint density at radius 1 is 1.07 bits per heavy atom. The van der Waals surface area contributed by atoms with Crippen LogP contribution in [0.4, 0.5) is 5.82 Å². The summed E-state index contributed by atoms with van der Waals surface area (Å²) in [7, 11) is 0. The largest absolute Gasteiger partial charge is 0.356 e. The highest BCUT2D eigenvalue weighted by atomic mass is 15.4. The fourth-order valence-corrected chi connectivity index (χ4v) is 4.71. The van der Waals surface area contributed by atoms with Gasteiger partial charge in [0.2, 0.25) is 0 Å². The van der Waals surface area contributed by atoms with Crippen molar-refractivity contribution in [2.75, 3.05) is 18.0 Å². The number of nitrogens with one attached hydrogen (secondary N) is 2. The van der Waals surface area contributed by atoms with E-state index in [0.29, 0.717) is 12.0 Å². The summed E-state index contributed by atoms with van der Waals surface area (Å²) in [6, 6.07) is 6.41. The van der Waals surface area contributed by atoms with E-state index < -0.39 is 0 Å². The minimum atomic E-state index is 0.0825. The maximum Gasteiger partial charge on any atom is 0.180 e. The zero-order chi connectivity index (χ0) is 18.2. The molecule has 2 aromatic heterocycles. The lowest BCUT2D eigenvalue weighted by Gasteiger charge is -2.36. The predicted octanol–water partition coefficient (Wildman–Crippen LogP) is 1.39. The van der Waals surface area contributed by atoms with Gasteiger partial charge in [-0.25, -0.2) is 15.4 Å². The van der Waals surface area contributed by atoms with Gasteiger partial charge in [0.05, 0.1) is 6.17 Å². The number of rotatable bonds is 3. The third kappa shape index (κ3) is 3.31. The lowest BCUT2D eigenvalue weighted by Crippen LogP contribution is -2.43. The Labute approximate surface area is 159 Å². The molecule has 2 saturated heterocycles. The van der Waals surface area contributed by atoms with E-state index in [2.05, 4.69) is 20.7 Å². The molecule has 0 saturated carbocycles. The van der Waals surface area contributed by atoms with Crippen molar-refractivity contribution in [1.29, 1.82) is 0 Å². The average Bonchev–Trinajstić information content (AvgIpc) is 3.37. The van der Waals surface area contributed by atoms with Crippen molar-refractivity contribution in [3.8, 4) is 11.5 Å². The summed E-state index contributed by atoms with van der Waals surface area (Å²) in [5.41, 5.74) is 15.9. The highest BCUT2D eigenvalue weighted by molar-refractivity contribution is 5.59.